The summed E-state index contributed by atoms with van der Waals surface area (Å²) in [6.07, 6.45) is 0. The molecule has 0 atom stereocenters. The highest BCUT2D eigenvalue weighted by atomic mass is 79.9. The molecule has 0 aromatic heterocycles. The molecule has 1 aromatic rings. The van der Waals surface area contributed by atoms with Gasteiger partial charge in [0.2, 0.25) is 0 Å². The lowest BCUT2D eigenvalue weighted by Crippen LogP contribution is -2.17. The Kier molecular flexibility index (Phi) is 4.61. The maximum Gasteiger partial charge on any atom is 0.325 e. The van der Waals surface area contributed by atoms with Crippen LogP contribution in [-0.4, -0.2) is 19.1 Å². The Morgan fingerprint density at radius 1 is 1.56 bits per heavy atom. The topological polar surface area (TPSA) is 64.3 Å². The van der Waals surface area contributed by atoms with Gasteiger partial charge in [-0.3, -0.25) is 4.79 Å². The molecule has 0 amide bonds. The van der Waals surface area contributed by atoms with E-state index in [1.54, 1.807) is 6.92 Å². The highest BCUT2D eigenvalue weighted by Gasteiger charge is 2.06. The van der Waals surface area contributed by atoms with E-state index in [2.05, 4.69) is 21.2 Å². The molecule has 88 valence electrons. The number of nitrogens with two attached hydrogens (primary N) is 1. The van der Waals surface area contributed by atoms with Gasteiger partial charge in [-0.2, -0.15) is 0 Å². The van der Waals surface area contributed by atoms with Crippen LogP contribution >= 0.6 is 15.9 Å². The van der Waals surface area contributed by atoms with Crippen molar-refractivity contribution in [2.45, 2.75) is 13.8 Å². The van der Waals surface area contributed by atoms with Crippen LogP contribution in [0.25, 0.3) is 0 Å². The van der Waals surface area contributed by atoms with Crippen LogP contribution < -0.4 is 11.1 Å². The van der Waals surface area contributed by atoms with E-state index in [9.17, 15) is 4.79 Å². The van der Waals surface area contributed by atoms with Gasteiger partial charge in [0.05, 0.1) is 6.61 Å². The first-order chi connectivity index (χ1) is 7.54. The zero-order valence-corrected chi connectivity index (χ0v) is 10.9. The van der Waals surface area contributed by atoms with E-state index in [4.69, 9.17) is 10.5 Å². The Labute approximate surface area is 103 Å². The fraction of sp³-hybridized carbons (Fsp3) is 0.364. The number of hydrogen-bond acceptors (Lipinski definition) is 4. The number of aryl methyl sites for hydroxylation is 1. The van der Waals surface area contributed by atoms with Crippen LogP contribution in [0.5, 0.6) is 0 Å². The number of nitrogens with one attached hydrogen (secondary N) is 1. The van der Waals surface area contributed by atoms with Crippen molar-refractivity contribution < 1.29 is 9.53 Å². The zero-order valence-electron chi connectivity index (χ0n) is 9.34. The van der Waals surface area contributed by atoms with Crippen molar-refractivity contribution in [1.82, 2.24) is 0 Å². The summed E-state index contributed by atoms with van der Waals surface area (Å²) in [7, 11) is 0. The van der Waals surface area contributed by atoms with E-state index >= 15 is 0 Å². The summed E-state index contributed by atoms with van der Waals surface area (Å²) in [5.41, 5.74) is 8.26. The number of hydrogen-bond donors (Lipinski definition) is 2. The van der Waals surface area contributed by atoms with Crippen molar-refractivity contribution in [3.05, 3.63) is 22.2 Å². The van der Waals surface area contributed by atoms with Gasteiger partial charge in [0.15, 0.2) is 0 Å². The molecule has 0 radical (unpaired) electrons. The van der Waals surface area contributed by atoms with Crippen LogP contribution in [0.15, 0.2) is 16.6 Å². The minimum atomic E-state index is -0.274. The van der Waals surface area contributed by atoms with Gasteiger partial charge in [0.25, 0.3) is 0 Å². The second-order valence-electron chi connectivity index (χ2n) is 3.35. The average Bonchev–Trinajstić information content (AvgIpc) is 2.22. The smallest absolute Gasteiger partial charge is 0.325 e. The molecule has 0 unspecified atom stereocenters. The third-order valence-corrected chi connectivity index (χ3v) is 2.74. The lowest BCUT2D eigenvalue weighted by Gasteiger charge is -2.10. The normalized spacial score (nSPS) is 9.94. The Morgan fingerprint density at radius 3 is 2.88 bits per heavy atom. The van der Waals surface area contributed by atoms with Crippen molar-refractivity contribution in [3.63, 3.8) is 0 Å². The molecular weight excluding hydrogens is 272 g/mol. The second-order valence-corrected chi connectivity index (χ2v) is 4.20. The van der Waals surface area contributed by atoms with Gasteiger partial charge in [-0.25, -0.2) is 0 Å². The van der Waals surface area contributed by atoms with Gasteiger partial charge in [-0.15, -0.1) is 0 Å². The number of carbonyl (C=O) groups is 1. The van der Waals surface area contributed by atoms with Gasteiger partial charge in [-0.05, 0) is 47.5 Å². The van der Waals surface area contributed by atoms with Crippen molar-refractivity contribution in [3.8, 4) is 0 Å². The Morgan fingerprint density at radius 2 is 2.25 bits per heavy atom. The standard InChI is InChI=1S/C11H15BrN2O2/c1-3-16-11(15)6-14-10-4-7(2)9(13)5-8(10)12/h4-5,14H,3,6,13H2,1-2H3. The lowest BCUT2D eigenvalue weighted by atomic mass is 10.2. The number of carbonyl (C=O) groups excluding carboxylic acids is 1. The molecule has 5 heteroatoms. The Hall–Kier alpha value is -1.23. The number of esters is 1. The van der Waals surface area contributed by atoms with Gasteiger partial charge >= 0.3 is 5.97 Å². The number of ether oxygens (including phenoxy) is 1. The van der Waals surface area contributed by atoms with Crippen molar-refractivity contribution in [2.75, 3.05) is 24.2 Å². The number of benzene rings is 1. The maximum atomic E-state index is 11.2. The molecular formula is C11H15BrN2O2. The molecule has 0 aliphatic heterocycles. The SMILES string of the molecule is CCOC(=O)CNc1cc(C)c(N)cc1Br. The molecule has 0 heterocycles. The zero-order chi connectivity index (χ0) is 12.1. The molecule has 0 spiro atoms. The van der Waals surface area contributed by atoms with Crippen molar-refractivity contribution in [2.24, 2.45) is 0 Å². The van der Waals surface area contributed by atoms with E-state index in [1.807, 2.05) is 19.1 Å². The summed E-state index contributed by atoms with van der Waals surface area (Å²) >= 11 is 3.38. The first-order valence-corrected chi connectivity index (χ1v) is 5.79. The van der Waals surface area contributed by atoms with Crippen LogP contribution in [0.3, 0.4) is 0 Å². The van der Waals surface area contributed by atoms with Gasteiger partial charge in [0.1, 0.15) is 6.54 Å². The monoisotopic (exact) mass is 286 g/mol. The molecule has 0 saturated heterocycles. The summed E-state index contributed by atoms with van der Waals surface area (Å²) in [4.78, 5) is 11.2. The summed E-state index contributed by atoms with van der Waals surface area (Å²) in [6.45, 7) is 4.23. The predicted molar refractivity (Wildman–Crippen MR) is 68.4 cm³/mol. The fourth-order valence-electron chi connectivity index (χ4n) is 1.21. The molecule has 16 heavy (non-hydrogen) atoms. The minimum Gasteiger partial charge on any atom is -0.465 e. The van der Waals surface area contributed by atoms with Crippen LogP contribution in [-0.2, 0) is 9.53 Å². The molecule has 1 rings (SSSR count). The summed E-state index contributed by atoms with van der Waals surface area (Å²) < 4.78 is 5.65. The number of rotatable bonds is 4. The summed E-state index contributed by atoms with van der Waals surface area (Å²) in [6, 6.07) is 3.70. The largest absolute Gasteiger partial charge is 0.465 e. The van der Waals surface area contributed by atoms with Crippen molar-refractivity contribution in [1.29, 1.82) is 0 Å². The molecule has 0 bridgehead atoms. The van der Waals surface area contributed by atoms with Gasteiger partial charge in [0, 0.05) is 15.8 Å². The average molecular weight is 287 g/mol. The maximum absolute atomic E-state index is 11.2. The molecule has 4 nitrogen and oxygen atoms in total. The molecule has 0 aliphatic carbocycles. The Balaban J connectivity index is 2.67. The summed E-state index contributed by atoms with van der Waals surface area (Å²) in [5, 5.41) is 2.99. The van der Waals surface area contributed by atoms with Crippen molar-refractivity contribution >= 4 is 33.3 Å². The number of anilines is 2. The van der Waals surface area contributed by atoms with Gasteiger partial charge in [-0.1, -0.05) is 0 Å². The third kappa shape index (κ3) is 3.41. The molecule has 0 saturated carbocycles. The highest BCUT2D eigenvalue weighted by Crippen LogP contribution is 2.27. The van der Waals surface area contributed by atoms with E-state index < -0.39 is 0 Å². The predicted octanol–water partition coefficient (Wildman–Crippen LogP) is 2.31. The van der Waals surface area contributed by atoms with Crippen LogP contribution in [0, 0.1) is 6.92 Å². The fourth-order valence-corrected chi connectivity index (χ4v) is 1.71. The second kappa shape index (κ2) is 5.75. The summed E-state index contributed by atoms with van der Waals surface area (Å²) in [5.74, 6) is -0.274. The Bertz CT molecular complexity index is 394. The van der Waals surface area contributed by atoms with Crippen LogP contribution in [0.1, 0.15) is 12.5 Å². The quantitative estimate of drug-likeness (QED) is 0.659. The van der Waals surface area contributed by atoms with Gasteiger partial charge < -0.3 is 15.8 Å². The van der Waals surface area contributed by atoms with E-state index in [-0.39, 0.29) is 12.5 Å². The van der Waals surface area contributed by atoms with E-state index in [0.29, 0.717) is 12.3 Å². The first kappa shape index (κ1) is 12.8. The first-order valence-electron chi connectivity index (χ1n) is 4.99. The number of nitrogen functional groups attached to an aromatic ring is 1. The lowest BCUT2D eigenvalue weighted by molar-refractivity contribution is -0.140. The molecule has 0 aliphatic rings. The van der Waals surface area contributed by atoms with E-state index in [1.165, 1.54) is 0 Å². The molecule has 0 fully saturated rings. The molecule has 3 N–H and O–H groups in total. The van der Waals surface area contributed by atoms with Crippen LogP contribution in [0.4, 0.5) is 11.4 Å². The third-order valence-electron chi connectivity index (χ3n) is 2.08. The van der Waals surface area contributed by atoms with E-state index in [0.717, 1.165) is 15.7 Å². The molecule has 1 aromatic carbocycles. The number of halogens is 1. The highest BCUT2D eigenvalue weighted by molar-refractivity contribution is 9.10. The van der Waals surface area contributed by atoms with Crippen LogP contribution in [0.2, 0.25) is 0 Å². The minimum absolute atomic E-state index is 0.149.